The summed E-state index contributed by atoms with van der Waals surface area (Å²) in [5.41, 5.74) is 16.6. The number of anilines is 3. The van der Waals surface area contributed by atoms with Crippen molar-refractivity contribution in [2.24, 2.45) is 0 Å². The maximum Gasteiger partial charge on any atom is 0.143 e. The lowest BCUT2D eigenvalue weighted by Gasteiger charge is -2.30. The average molecular weight is 744 g/mol. The molecule has 0 fully saturated rings. The summed E-state index contributed by atoms with van der Waals surface area (Å²) < 4.78 is 13.0. The lowest BCUT2D eigenvalue weighted by molar-refractivity contribution is 0.660. The Morgan fingerprint density at radius 1 is 0.397 bits per heavy atom. The van der Waals surface area contributed by atoms with Gasteiger partial charge < -0.3 is 13.7 Å². The summed E-state index contributed by atoms with van der Waals surface area (Å²) in [6.45, 7) is 4.70. The first kappa shape index (κ1) is 32.8. The van der Waals surface area contributed by atoms with Gasteiger partial charge >= 0.3 is 0 Å². The average Bonchev–Trinajstić information content (AvgIpc) is 3.92. The van der Waals surface area contributed by atoms with Gasteiger partial charge in [-0.1, -0.05) is 147 Å². The van der Waals surface area contributed by atoms with E-state index in [1.54, 1.807) is 0 Å². The lowest BCUT2D eigenvalue weighted by atomic mass is 9.82. The van der Waals surface area contributed by atoms with Crippen LogP contribution in [0.2, 0.25) is 0 Å². The smallest absolute Gasteiger partial charge is 0.143 e. The van der Waals surface area contributed by atoms with Crippen LogP contribution in [0.4, 0.5) is 17.1 Å². The predicted octanol–water partition coefficient (Wildman–Crippen LogP) is 15.7. The minimum atomic E-state index is -0.146. The molecule has 0 aliphatic heterocycles. The van der Waals surface area contributed by atoms with E-state index in [-0.39, 0.29) is 5.41 Å². The van der Waals surface area contributed by atoms with Gasteiger partial charge in [0, 0.05) is 49.3 Å². The topological polar surface area (TPSA) is 29.5 Å². The summed E-state index contributed by atoms with van der Waals surface area (Å²) in [5.74, 6) is 0. The Balaban J connectivity index is 1.07. The van der Waals surface area contributed by atoms with Crippen LogP contribution in [0.15, 0.2) is 197 Å². The van der Waals surface area contributed by atoms with Crippen molar-refractivity contribution < 1.29 is 8.83 Å². The first-order valence-corrected chi connectivity index (χ1v) is 20.0. The Morgan fingerprint density at radius 2 is 1.02 bits per heavy atom. The molecule has 0 unspecified atom stereocenters. The molecule has 11 aromatic rings. The first-order chi connectivity index (χ1) is 28.5. The molecule has 0 N–H and O–H groups in total. The molecule has 0 radical (unpaired) electrons. The number of hydrogen-bond donors (Lipinski definition) is 0. The van der Waals surface area contributed by atoms with E-state index in [4.69, 9.17) is 8.83 Å². The van der Waals surface area contributed by atoms with E-state index in [0.29, 0.717) is 0 Å². The van der Waals surface area contributed by atoms with E-state index >= 15 is 0 Å². The van der Waals surface area contributed by atoms with Crippen molar-refractivity contribution in [2.75, 3.05) is 4.90 Å². The monoisotopic (exact) mass is 743 g/mol. The quantitative estimate of drug-likeness (QED) is 0.176. The zero-order valence-electron chi connectivity index (χ0n) is 32.2. The molecule has 0 bridgehead atoms. The van der Waals surface area contributed by atoms with Gasteiger partial charge in [0.15, 0.2) is 0 Å². The van der Waals surface area contributed by atoms with E-state index < -0.39 is 0 Å². The maximum absolute atomic E-state index is 6.69. The third-order valence-electron chi connectivity index (χ3n) is 12.5. The van der Waals surface area contributed by atoms with Crippen molar-refractivity contribution in [1.29, 1.82) is 0 Å². The van der Waals surface area contributed by atoms with Crippen molar-refractivity contribution in [3.63, 3.8) is 0 Å². The fourth-order valence-corrected chi connectivity index (χ4v) is 9.74. The molecule has 0 saturated heterocycles. The summed E-state index contributed by atoms with van der Waals surface area (Å²) in [7, 11) is 0. The van der Waals surface area contributed by atoms with Crippen molar-refractivity contribution in [3.05, 3.63) is 199 Å². The second-order valence-corrected chi connectivity index (χ2v) is 16.0. The van der Waals surface area contributed by atoms with Gasteiger partial charge in [-0.05, 0) is 98.9 Å². The number of benzene rings is 9. The highest BCUT2D eigenvalue weighted by atomic mass is 16.3. The van der Waals surface area contributed by atoms with E-state index in [0.717, 1.165) is 88.6 Å². The number of rotatable bonds is 5. The van der Waals surface area contributed by atoms with E-state index in [9.17, 15) is 0 Å². The Hall–Kier alpha value is -7.36. The van der Waals surface area contributed by atoms with E-state index in [1.165, 1.54) is 27.6 Å². The third kappa shape index (κ3) is 4.74. The van der Waals surface area contributed by atoms with Gasteiger partial charge in [0.25, 0.3) is 0 Å². The number of nitrogens with zero attached hydrogens (tertiary/aromatic N) is 1. The van der Waals surface area contributed by atoms with Crippen molar-refractivity contribution >= 4 is 71.7 Å². The largest absolute Gasteiger partial charge is 0.456 e. The summed E-state index contributed by atoms with van der Waals surface area (Å²) in [4.78, 5) is 2.43. The van der Waals surface area contributed by atoms with Gasteiger partial charge in [0.05, 0.1) is 5.69 Å². The molecular weight excluding hydrogens is 707 g/mol. The van der Waals surface area contributed by atoms with Gasteiger partial charge in [-0.15, -0.1) is 0 Å². The van der Waals surface area contributed by atoms with Crippen molar-refractivity contribution in [2.45, 2.75) is 19.3 Å². The molecule has 1 aliphatic carbocycles. The van der Waals surface area contributed by atoms with Crippen molar-refractivity contribution in [1.82, 2.24) is 0 Å². The van der Waals surface area contributed by atoms with Crippen LogP contribution >= 0.6 is 0 Å². The first-order valence-electron chi connectivity index (χ1n) is 20.0. The lowest BCUT2D eigenvalue weighted by Crippen LogP contribution is -2.16. The van der Waals surface area contributed by atoms with Gasteiger partial charge in [-0.25, -0.2) is 0 Å². The fraction of sp³-hybridized carbons (Fsp3) is 0.0545. The SMILES string of the molecule is CC1(C)c2ccccc2-c2ccc(N(c3ccc(-c4cccc5oc6ccccc6c45)cc3)c3ccccc3-c3cccc4oc5c6ccccc6ccc5c34)cc21. The van der Waals surface area contributed by atoms with Crippen LogP contribution in [-0.4, -0.2) is 0 Å². The van der Waals surface area contributed by atoms with Gasteiger partial charge in [-0.2, -0.15) is 0 Å². The maximum atomic E-state index is 6.69. The van der Waals surface area contributed by atoms with Crippen LogP contribution in [0.5, 0.6) is 0 Å². The second-order valence-electron chi connectivity index (χ2n) is 16.0. The van der Waals surface area contributed by atoms with Crippen LogP contribution in [0.25, 0.3) is 88.0 Å². The molecule has 0 spiro atoms. The molecule has 1 aliphatic rings. The molecule has 0 atom stereocenters. The normalized spacial score (nSPS) is 13.1. The number of hydrogen-bond acceptors (Lipinski definition) is 3. The van der Waals surface area contributed by atoms with Crippen LogP contribution in [0.1, 0.15) is 25.0 Å². The molecular formula is C55H37NO2. The van der Waals surface area contributed by atoms with Crippen LogP contribution in [0.3, 0.4) is 0 Å². The summed E-state index contributed by atoms with van der Waals surface area (Å²) in [6.07, 6.45) is 0. The Labute approximate surface area is 336 Å². The molecule has 0 amide bonds. The highest BCUT2D eigenvalue weighted by molar-refractivity contribution is 6.20. The fourth-order valence-electron chi connectivity index (χ4n) is 9.74. The minimum Gasteiger partial charge on any atom is -0.456 e. The summed E-state index contributed by atoms with van der Waals surface area (Å²) >= 11 is 0. The number of furan rings is 2. The standard InChI is InChI=1S/C55H37NO2/c1-55(2)46-20-8-5-15-40(46)41-32-30-37(33-47(41)55)56(36-28-25-35(26-29-36)38-18-11-23-50-52(38)44-17-7-10-22-49(44)57-50)48-21-9-6-16-42(48)43-19-12-24-51-53(43)45-31-27-34-13-3-4-14-39(34)54(45)58-51/h3-33H,1-2H3. The van der Waals surface area contributed by atoms with Crippen LogP contribution in [0, 0.1) is 0 Å². The molecule has 274 valence electrons. The Bertz CT molecular complexity index is 3440. The zero-order valence-corrected chi connectivity index (χ0v) is 32.2. The zero-order chi connectivity index (χ0) is 38.5. The molecule has 0 saturated carbocycles. The molecule has 3 heteroatoms. The van der Waals surface area contributed by atoms with Gasteiger partial charge in [0.2, 0.25) is 0 Å². The third-order valence-corrected chi connectivity index (χ3v) is 12.5. The van der Waals surface area contributed by atoms with Gasteiger partial charge in [-0.3, -0.25) is 0 Å². The second kappa shape index (κ2) is 12.3. The number of fused-ring (bicyclic) bond motifs is 11. The van der Waals surface area contributed by atoms with Crippen LogP contribution < -0.4 is 4.90 Å². The molecule has 3 nitrogen and oxygen atoms in total. The summed E-state index contributed by atoms with van der Waals surface area (Å²) in [5, 5.41) is 6.80. The molecule has 12 rings (SSSR count). The highest BCUT2D eigenvalue weighted by Crippen LogP contribution is 2.52. The Morgan fingerprint density at radius 3 is 1.88 bits per heavy atom. The highest BCUT2D eigenvalue weighted by Gasteiger charge is 2.36. The van der Waals surface area contributed by atoms with Gasteiger partial charge in [0.1, 0.15) is 22.3 Å². The van der Waals surface area contributed by atoms with E-state index in [1.807, 2.05) is 12.1 Å². The summed E-state index contributed by atoms with van der Waals surface area (Å²) in [6, 6.07) is 67.7. The minimum absolute atomic E-state index is 0.146. The predicted molar refractivity (Wildman–Crippen MR) is 242 cm³/mol. The number of para-hydroxylation sites is 2. The Kier molecular flexibility index (Phi) is 6.98. The van der Waals surface area contributed by atoms with Crippen molar-refractivity contribution in [3.8, 4) is 33.4 Å². The molecule has 58 heavy (non-hydrogen) atoms. The van der Waals surface area contributed by atoms with Crippen LogP contribution in [-0.2, 0) is 5.41 Å². The molecule has 9 aromatic carbocycles. The molecule has 2 heterocycles. The van der Waals surface area contributed by atoms with E-state index in [2.05, 4.69) is 195 Å². The molecule has 2 aromatic heterocycles.